The zero-order valence-electron chi connectivity index (χ0n) is 13.5. The van der Waals surface area contributed by atoms with Gasteiger partial charge in [-0.05, 0) is 55.4 Å². The van der Waals surface area contributed by atoms with E-state index in [0.717, 1.165) is 30.4 Å². The first-order chi connectivity index (χ1) is 10.6. The molecule has 0 aromatic heterocycles. The molecule has 5 heteroatoms. The molecule has 1 atom stereocenters. The topological polar surface area (TPSA) is 58.4 Å². The summed E-state index contributed by atoms with van der Waals surface area (Å²) in [6.45, 7) is 4.49. The number of nitrogens with zero attached hydrogens (tertiary/aromatic N) is 1. The number of hydrogen-bond acceptors (Lipinski definition) is 4. The maximum Gasteiger partial charge on any atom is 0.241 e. The highest BCUT2D eigenvalue weighted by molar-refractivity contribution is 7.98. The second-order valence-electron chi connectivity index (χ2n) is 6.10. The number of carbonyl (C=O) groups excluding carboxylic acids is 1. The normalized spacial score (nSPS) is 17.3. The number of piperidine rings is 1. The lowest BCUT2D eigenvalue weighted by Crippen LogP contribution is -2.36. The standard InChI is InChI=1S/C17H27N3OS/c1-13-6-9-20(10-7-13)15-5-3-4-14(12-15)19-17(21)16(18)8-11-22-2/h3-5,12-13,16H,6-11,18H2,1-2H3,(H,19,21)/t16-/m0/s1. The summed E-state index contributed by atoms with van der Waals surface area (Å²) >= 11 is 1.71. The van der Waals surface area contributed by atoms with E-state index in [4.69, 9.17) is 5.73 Å². The van der Waals surface area contributed by atoms with Crippen molar-refractivity contribution in [2.45, 2.75) is 32.2 Å². The molecule has 1 aliphatic heterocycles. The minimum absolute atomic E-state index is 0.0986. The molecular formula is C17H27N3OS. The third-order valence-electron chi connectivity index (χ3n) is 4.23. The Hall–Kier alpha value is -1.20. The van der Waals surface area contributed by atoms with Crippen LogP contribution in [0.1, 0.15) is 26.2 Å². The van der Waals surface area contributed by atoms with Crippen molar-refractivity contribution in [2.75, 3.05) is 35.3 Å². The third-order valence-corrected chi connectivity index (χ3v) is 4.88. The molecule has 1 saturated heterocycles. The highest BCUT2D eigenvalue weighted by atomic mass is 32.2. The summed E-state index contributed by atoms with van der Waals surface area (Å²) in [6, 6.07) is 7.65. The van der Waals surface area contributed by atoms with Crippen LogP contribution in [0.4, 0.5) is 11.4 Å². The molecule has 1 amide bonds. The molecule has 0 aliphatic carbocycles. The SMILES string of the molecule is CSCC[C@H](N)C(=O)Nc1cccc(N2CCC(C)CC2)c1. The third kappa shape index (κ3) is 4.92. The Kier molecular flexibility index (Phi) is 6.58. The lowest BCUT2D eigenvalue weighted by atomic mass is 9.99. The quantitative estimate of drug-likeness (QED) is 0.846. The molecule has 0 saturated carbocycles. The largest absolute Gasteiger partial charge is 0.371 e. The molecule has 1 aromatic rings. The second kappa shape index (κ2) is 8.44. The zero-order valence-corrected chi connectivity index (χ0v) is 14.4. The van der Waals surface area contributed by atoms with Gasteiger partial charge in [-0.15, -0.1) is 0 Å². The molecule has 22 heavy (non-hydrogen) atoms. The van der Waals surface area contributed by atoms with Crippen molar-refractivity contribution in [1.82, 2.24) is 0 Å². The number of carbonyl (C=O) groups is 1. The van der Waals surface area contributed by atoms with E-state index in [9.17, 15) is 4.79 Å². The molecule has 1 heterocycles. The molecule has 3 N–H and O–H groups in total. The number of anilines is 2. The highest BCUT2D eigenvalue weighted by Gasteiger charge is 2.17. The highest BCUT2D eigenvalue weighted by Crippen LogP contribution is 2.25. The van der Waals surface area contributed by atoms with Gasteiger partial charge in [0.05, 0.1) is 6.04 Å². The molecule has 0 spiro atoms. The smallest absolute Gasteiger partial charge is 0.241 e. The van der Waals surface area contributed by atoms with Gasteiger partial charge in [-0.2, -0.15) is 11.8 Å². The van der Waals surface area contributed by atoms with Crippen LogP contribution in [0.25, 0.3) is 0 Å². The predicted octanol–water partition coefficient (Wildman–Crippen LogP) is 2.94. The van der Waals surface area contributed by atoms with Gasteiger partial charge in [-0.3, -0.25) is 4.79 Å². The Labute approximate surface area is 137 Å². The maximum atomic E-state index is 12.1. The van der Waals surface area contributed by atoms with Crippen LogP contribution in [-0.2, 0) is 4.79 Å². The number of thioether (sulfide) groups is 1. The molecule has 1 aromatic carbocycles. The molecule has 0 bridgehead atoms. The van der Waals surface area contributed by atoms with Gasteiger partial charge in [0.25, 0.3) is 0 Å². The van der Waals surface area contributed by atoms with Gasteiger partial charge in [0, 0.05) is 24.5 Å². The van der Waals surface area contributed by atoms with Crippen LogP contribution in [0, 0.1) is 5.92 Å². The zero-order chi connectivity index (χ0) is 15.9. The fourth-order valence-electron chi connectivity index (χ4n) is 2.66. The summed E-state index contributed by atoms with van der Waals surface area (Å²) < 4.78 is 0. The summed E-state index contributed by atoms with van der Waals surface area (Å²) in [4.78, 5) is 14.5. The van der Waals surface area contributed by atoms with Crippen molar-refractivity contribution >= 4 is 29.0 Å². The average molecular weight is 321 g/mol. The number of nitrogens with two attached hydrogens (primary N) is 1. The molecule has 0 radical (unpaired) electrons. The van der Waals surface area contributed by atoms with Crippen LogP contribution in [0.15, 0.2) is 24.3 Å². The number of amides is 1. The van der Waals surface area contributed by atoms with Crippen LogP contribution in [0.2, 0.25) is 0 Å². The molecule has 122 valence electrons. The van der Waals surface area contributed by atoms with Gasteiger partial charge >= 0.3 is 0 Å². The van der Waals surface area contributed by atoms with Crippen LogP contribution in [0.3, 0.4) is 0 Å². The van der Waals surface area contributed by atoms with Gasteiger partial charge in [-0.1, -0.05) is 13.0 Å². The van der Waals surface area contributed by atoms with Gasteiger partial charge in [-0.25, -0.2) is 0 Å². The van der Waals surface area contributed by atoms with Crippen molar-refractivity contribution in [3.8, 4) is 0 Å². The fraction of sp³-hybridized carbons (Fsp3) is 0.588. The van der Waals surface area contributed by atoms with Gasteiger partial charge in [0.15, 0.2) is 0 Å². The second-order valence-corrected chi connectivity index (χ2v) is 7.08. The van der Waals surface area contributed by atoms with Crippen LogP contribution >= 0.6 is 11.8 Å². The Bertz CT molecular complexity index is 487. The van der Waals surface area contributed by atoms with Crippen molar-refractivity contribution in [2.24, 2.45) is 11.7 Å². The first-order valence-corrected chi connectivity index (χ1v) is 9.40. The van der Waals surface area contributed by atoms with E-state index in [1.54, 1.807) is 11.8 Å². The van der Waals surface area contributed by atoms with Crippen LogP contribution in [-0.4, -0.2) is 37.0 Å². The first kappa shape index (κ1) is 17.2. The van der Waals surface area contributed by atoms with E-state index in [-0.39, 0.29) is 5.91 Å². The summed E-state index contributed by atoms with van der Waals surface area (Å²) in [7, 11) is 0. The summed E-state index contributed by atoms with van der Waals surface area (Å²) in [6.07, 6.45) is 5.19. The Morgan fingerprint density at radius 2 is 2.18 bits per heavy atom. The number of nitrogens with one attached hydrogen (secondary N) is 1. The average Bonchev–Trinajstić information content (AvgIpc) is 2.53. The summed E-state index contributed by atoms with van der Waals surface area (Å²) in [5, 5.41) is 2.94. The van der Waals surface area contributed by atoms with E-state index in [0.29, 0.717) is 6.42 Å². The van der Waals surface area contributed by atoms with E-state index in [1.165, 1.54) is 18.5 Å². The van der Waals surface area contributed by atoms with Gasteiger partial charge < -0.3 is 16.0 Å². The molecule has 1 fully saturated rings. The number of benzene rings is 1. The first-order valence-electron chi connectivity index (χ1n) is 8.00. The maximum absolute atomic E-state index is 12.1. The van der Waals surface area contributed by atoms with Gasteiger partial charge in [0.2, 0.25) is 5.91 Å². The molecule has 4 nitrogen and oxygen atoms in total. The Balaban J connectivity index is 1.95. The number of hydrogen-bond donors (Lipinski definition) is 2. The molecule has 1 aliphatic rings. The number of rotatable bonds is 6. The lowest BCUT2D eigenvalue weighted by molar-refractivity contribution is -0.117. The van der Waals surface area contributed by atoms with Crippen molar-refractivity contribution < 1.29 is 4.79 Å². The van der Waals surface area contributed by atoms with Crippen molar-refractivity contribution in [3.63, 3.8) is 0 Å². The lowest BCUT2D eigenvalue weighted by Gasteiger charge is -2.32. The molecular weight excluding hydrogens is 294 g/mol. The van der Waals surface area contributed by atoms with Crippen molar-refractivity contribution in [1.29, 1.82) is 0 Å². The van der Waals surface area contributed by atoms with E-state index in [2.05, 4.69) is 29.3 Å². The van der Waals surface area contributed by atoms with Gasteiger partial charge in [0.1, 0.15) is 0 Å². The predicted molar refractivity (Wildman–Crippen MR) is 96.7 cm³/mol. The molecule has 0 unspecified atom stereocenters. The van der Waals surface area contributed by atoms with E-state index in [1.807, 2.05) is 18.4 Å². The Morgan fingerprint density at radius 1 is 1.45 bits per heavy atom. The fourth-order valence-corrected chi connectivity index (χ4v) is 3.15. The van der Waals surface area contributed by atoms with E-state index < -0.39 is 6.04 Å². The molecule has 2 rings (SSSR count). The van der Waals surface area contributed by atoms with Crippen LogP contribution in [0.5, 0.6) is 0 Å². The van der Waals surface area contributed by atoms with Crippen molar-refractivity contribution in [3.05, 3.63) is 24.3 Å². The summed E-state index contributed by atoms with van der Waals surface area (Å²) in [5.74, 6) is 1.62. The van der Waals surface area contributed by atoms with Crippen LogP contribution < -0.4 is 16.0 Å². The Morgan fingerprint density at radius 3 is 2.86 bits per heavy atom. The van der Waals surface area contributed by atoms with E-state index >= 15 is 0 Å². The minimum Gasteiger partial charge on any atom is -0.371 e. The summed E-state index contributed by atoms with van der Waals surface area (Å²) in [5.41, 5.74) is 7.93. The monoisotopic (exact) mass is 321 g/mol. The minimum atomic E-state index is -0.438.